The molecule has 24 heavy (non-hydrogen) atoms. The van der Waals surface area contributed by atoms with E-state index >= 15 is 0 Å². The molecule has 0 fully saturated rings. The smallest absolute Gasteiger partial charge is 0.303 e. The number of aliphatic carboxylic acids is 1. The lowest BCUT2D eigenvalue weighted by molar-refractivity contribution is -0.137. The summed E-state index contributed by atoms with van der Waals surface area (Å²) in [5.74, 6) is 5.08. The van der Waals surface area contributed by atoms with Crippen LogP contribution in [-0.2, 0) is 4.79 Å². The summed E-state index contributed by atoms with van der Waals surface area (Å²) in [6.45, 7) is 2.38. The predicted octanol–water partition coefficient (Wildman–Crippen LogP) is 2.99. The van der Waals surface area contributed by atoms with Crippen molar-refractivity contribution in [2.45, 2.75) is 19.8 Å². The van der Waals surface area contributed by atoms with E-state index in [9.17, 15) is 9.59 Å². The van der Waals surface area contributed by atoms with Crippen LogP contribution in [0.2, 0.25) is 0 Å². The highest BCUT2D eigenvalue weighted by molar-refractivity contribution is 5.94. The Kier molecular flexibility index (Phi) is 6.16. The highest BCUT2D eigenvalue weighted by atomic mass is 16.4. The van der Waals surface area contributed by atoms with Gasteiger partial charge in [0.15, 0.2) is 0 Å². The Hall–Kier alpha value is -3.06. The van der Waals surface area contributed by atoms with Crippen molar-refractivity contribution in [2.24, 2.45) is 0 Å². The monoisotopic (exact) mass is 321 g/mol. The van der Waals surface area contributed by atoms with Crippen molar-refractivity contribution in [3.05, 3.63) is 70.8 Å². The van der Waals surface area contributed by atoms with Crippen LogP contribution in [0.4, 0.5) is 0 Å². The first kappa shape index (κ1) is 17.3. The molecule has 2 rings (SSSR count). The minimum absolute atomic E-state index is 0.0494. The van der Waals surface area contributed by atoms with Gasteiger partial charge in [0.25, 0.3) is 5.91 Å². The molecule has 0 spiro atoms. The number of hydrogen-bond acceptors (Lipinski definition) is 2. The molecule has 0 aliphatic rings. The summed E-state index contributed by atoms with van der Waals surface area (Å²) in [5, 5.41) is 11.2. The normalized spacial score (nSPS) is 9.71. The Morgan fingerprint density at radius 3 is 2.04 bits per heavy atom. The molecule has 0 saturated carbocycles. The molecule has 0 unspecified atom stereocenters. The highest BCUT2D eigenvalue weighted by Crippen LogP contribution is 2.05. The van der Waals surface area contributed by atoms with E-state index in [4.69, 9.17) is 5.11 Å². The Morgan fingerprint density at radius 2 is 1.50 bits per heavy atom. The lowest BCUT2D eigenvalue weighted by Crippen LogP contribution is -2.24. The second-order valence-corrected chi connectivity index (χ2v) is 5.45. The van der Waals surface area contributed by atoms with Crippen LogP contribution in [0.1, 0.15) is 39.9 Å². The first-order valence-electron chi connectivity index (χ1n) is 7.73. The molecule has 122 valence electrons. The second-order valence-electron chi connectivity index (χ2n) is 5.45. The number of rotatable bonds is 5. The molecule has 2 N–H and O–H groups in total. The SMILES string of the molecule is Cc1ccc(C#Cc2ccc(C(=O)NCCCC(=O)O)cc2)cc1. The van der Waals surface area contributed by atoms with Gasteiger partial charge in [0.05, 0.1) is 0 Å². The molecule has 0 aliphatic heterocycles. The number of amides is 1. The summed E-state index contributed by atoms with van der Waals surface area (Å²) in [5.41, 5.74) is 3.50. The van der Waals surface area contributed by atoms with E-state index in [1.807, 2.05) is 31.2 Å². The molecule has 0 bridgehead atoms. The third kappa shape index (κ3) is 5.62. The molecule has 0 atom stereocenters. The van der Waals surface area contributed by atoms with Crippen molar-refractivity contribution < 1.29 is 14.7 Å². The second kappa shape index (κ2) is 8.54. The standard InChI is InChI=1S/C20H19NO3/c1-15-4-6-16(7-5-15)8-9-17-10-12-18(13-11-17)20(24)21-14-2-3-19(22)23/h4-7,10-13H,2-3,14H2,1H3,(H,21,24)(H,22,23). The maximum atomic E-state index is 11.9. The Labute approximate surface area is 141 Å². The fraction of sp³-hybridized carbons (Fsp3) is 0.200. The molecule has 4 heteroatoms. The van der Waals surface area contributed by atoms with E-state index in [1.54, 1.807) is 24.3 Å². The zero-order chi connectivity index (χ0) is 17.4. The van der Waals surface area contributed by atoms with Gasteiger partial charge in [-0.1, -0.05) is 29.5 Å². The average Bonchev–Trinajstić information content (AvgIpc) is 2.58. The van der Waals surface area contributed by atoms with Gasteiger partial charge in [0.1, 0.15) is 0 Å². The minimum atomic E-state index is -0.860. The summed E-state index contributed by atoms with van der Waals surface area (Å²) in [6.07, 6.45) is 0.467. The van der Waals surface area contributed by atoms with E-state index in [1.165, 1.54) is 5.56 Å². The summed E-state index contributed by atoms with van der Waals surface area (Å²) >= 11 is 0. The molecular formula is C20H19NO3. The predicted molar refractivity (Wildman–Crippen MR) is 92.8 cm³/mol. The first-order chi connectivity index (χ1) is 11.5. The van der Waals surface area contributed by atoms with E-state index in [-0.39, 0.29) is 12.3 Å². The number of hydrogen-bond donors (Lipinski definition) is 2. The molecule has 1 amide bonds. The largest absolute Gasteiger partial charge is 0.481 e. The zero-order valence-corrected chi connectivity index (χ0v) is 13.5. The van der Waals surface area contributed by atoms with E-state index < -0.39 is 5.97 Å². The molecular weight excluding hydrogens is 302 g/mol. The topological polar surface area (TPSA) is 66.4 Å². The van der Waals surface area contributed by atoms with Crippen molar-refractivity contribution >= 4 is 11.9 Å². The van der Waals surface area contributed by atoms with Crippen molar-refractivity contribution in [2.75, 3.05) is 6.54 Å². The van der Waals surface area contributed by atoms with E-state index in [0.717, 1.165) is 11.1 Å². The van der Waals surface area contributed by atoms with Gasteiger partial charge < -0.3 is 10.4 Å². The van der Waals surface area contributed by atoms with Gasteiger partial charge in [-0.15, -0.1) is 0 Å². The van der Waals surface area contributed by atoms with Gasteiger partial charge in [0.2, 0.25) is 0 Å². The Balaban J connectivity index is 1.92. The Morgan fingerprint density at radius 1 is 0.958 bits per heavy atom. The average molecular weight is 321 g/mol. The first-order valence-corrected chi connectivity index (χ1v) is 7.73. The maximum absolute atomic E-state index is 11.9. The van der Waals surface area contributed by atoms with Gasteiger partial charge in [-0.25, -0.2) is 0 Å². The van der Waals surface area contributed by atoms with Crippen LogP contribution in [0.3, 0.4) is 0 Å². The third-order valence-electron chi connectivity index (χ3n) is 3.40. The van der Waals surface area contributed by atoms with Crippen molar-refractivity contribution in [1.29, 1.82) is 0 Å². The van der Waals surface area contributed by atoms with Crippen LogP contribution in [-0.4, -0.2) is 23.5 Å². The number of carbonyl (C=O) groups excluding carboxylic acids is 1. The number of benzene rings is 2. The van der Waals surface area contributed by atoms with Crippen molar-refractivity contribution in [3.63, 3.8) is 0 Å². The zero-order valence-electron chi connectivity index (χ0n) is 13.5. The summed E-state index contributed by atoms with van der Waals surface area (Å²) in [7, 11) is 0. The lowest BCUT2D eigenvalue weighted by atomic mass is 10.1. The van der Waals surface area contributed by atoms with Crippen LogP contribution >= 0.6 is 0 Å². The molecule has 0 saturated heterocycles. The fourth-order valence-corrected chi connectivity index (χ4v) is 2.03. The van der Waals surface area contributed by atoms with Crippen LogP contribution in [0, 0.1) is 18.8 Å². The van der Waals surface area contributed by atoms with Gasteiger partial charge in [-0.05, 0) is 49.7 Å². The van der Waals surface area contributed by atoms with Crippen molar-refractivity contribution in [1.82, 2.24) is 5.32 Å². The summed E-state index contributed by atoms with van der Waals surface area (Å²) in [6, 6.07) is 15.0. The van der Waals surface area contributed by atoms with Crippen LogP contribution in [0.25, 0.3) is 0 Å². The van der Waals surface area contributed by atoms with E-state index in [0.29, 0.717) is 18.5 Å². The number of nitrogens with one attached hydrogen (secondary N) is 1. The quantitative estimate of drug-likeness (QED) is 0.657. The molecule has 0 heterocycles. The van der Waals surface area contributed by atoms with Gasteiger partial charge in [-0.3, -0.25) is 9.59 Å². The number of carboxylic acids is 1. The molecule has 0 aromatic heterocycles. The van der Waals surface area contributed by atoms with Crippen LogP contribution in [0.5, 0.6) is 0 Å². The number of aryl methyl sites for hydroxylation is 1. The summed E-state index contributed by atoms with van der Waals surface area (Å²) in [4.78, 5) is 22.3. The molecule has 2 aromatic carbocycles. The molecule has 0 radical (unpaired) electrons. The van der Waals surface area contributed by atoms with Gasteiger partial charge >= 0.3 is 5.97 Å². The maximum Gasteiger partial charge on any atom is 0.303 e. The van der Waals surface area contributed by atoms with Gasteiger partial charge in [0, 0.05) is 29.7 Å². The Bertz CT molecular complexity index is 765. The van der Waals surface area contributed by atoms with Gasteiger partial charge in [-0.2, -0.15) is 0 Å². The lowest BCUT2D eigenvalue weighted by Gasteiger charge is -2.04. The fourth-order valence-electron chi connectivity index (χ4n) is 2.03. The van der Waals surface area contributed by atoms with Crippen molar-refractivity contribution in [3.8, 4) is 11.8 Å². The number of carboxylic acid groups (broad SMARTS) is 1. The molecule has 4 nitrogen and oxygen atoms in total. The van der Waals surface area contributed by atoms with E-state index in [2.05, 4.69) is 17.2 Å². The molecule has 0 aliphatic carbocycles. The number of carbonyl (C=O) groups is 2. The van der Waals surface area contributed by atoms with Crippen LogP contribution in [0.15, 0.2) is 48.5 Å². The third-order valence-corrected chi connectivity index (χ3v) is 3.40. The minimum Gasteiger partial charge on any atom is -0.481 e. The highest BCUT2D eigenvalue weighted by Gasteiger charge is 2.04. The summed E-state index contributed by atoms with van der Waals surface area (Å²) < 4.78 is 0. The molecule has 2 aromatic rings. The van der Waals surface area contributed by atoms with Crippen LogP contribution < -0.4 is 5.32 Å².